The summed E-state index contributed by atoms with van der Waals surface area (Å²) >= 11 is 3.40. The van der Waals surface area contributed by atoms with Crippen LogP contribution in [-0.4, -0.2) is 22.5 Å². The minimum Gasteiger partial charge on any atom is -0.464 e. The van der Waals surface area contributed by atoms with Gasteiger partial charge in [0.2, 0.25) is 0 Å². The van der Waals surface area contributed by atoms with Gasteiger partial charge in [-0.15, -0.1) is 0 Å². The molecule has 0 bridgehead atoms. The summed E-state index contributed by atoms with van der Waals surface area (Å²) < 4.78 is 7.24. The first-order valence-corrected chi connectivity index (χ1v) is 5.14. The molecule has 0 spiro atoms. The molecule has 0 unspecified atom stereocenters. The van der Waals surface area contributed by atoms with Gasteiger partial charge in [-0.3, -0.25) is 4.40 Å². The number of esters is 1. The number of imidazole rings is 1. The first-order valence-electron chi connectivity index (χ1n) is 4.35. The maximum absolute atomic E-state index is 11.4. The topological polar surface area (TPSA) is 43.6 Å². The number of methoxy groups -OCH3 is 1. The molecule has 0 aliphatic heterocycles. The Morgan fingerprint density at radius 1 is 1.60 bits per heavy atom. The summed E-state index contributed by atoms with van der Waals surface area (Å²) in [4.78, 5) is 15.6. The van der Waals surface area contributed by atoms with E-state index in [0.717, 1.165) is 10.0 Å². The smallest absolute Gasteiger partial charge is 0.356 e. The molecule has 0 saturated heterocycles. The number of fused-ring (bicyclic) bond motifs is 1. The highest BCUT2D eigenvalue weighted by Crippen LogP contribution is 2.20. The average molecular weight is 269 g/mol. The zero-order valence-corrected chi connectivity index (χ0v) is 9.91. The van der Waals surface area contributed by atoms with E-state index >= 15 is 0 Å². The van der Waals surface area contributed by atoms with Gasteiger partial charge in [0.1, 0.15) is 0 Å². The van der Waals surface area contributed by atoms with Crippen molar-refractivity contribution >= 4 is 27.5 Å². The van der Waals surface area contributed by atoms with Crippen molar-refractivity contribution in [3.05, 3.63) is 34.2 Å². The number of ether oxygens (including phenoxy) is 1. The zero-order chi connectivity index (χ0) is 11.0. The Morgan fingerprint density at radius 2 is 2.33 bits per heavy atom. The van der Waals surface area contributed by atoms with E-state index < -0.39 is 0 Å². The van der Waals surface area contributed by atoms with Crippen molar-refractivity contribution in [2.75, 3.05) is 7.11 Å². The van der Waals surface area contributed by atoms with E-state index in [4.69, 9.17) is 0 Å². The van der Waals surface area contributed by atoms with Gasteiger partial charge in [-0.25, -0.2) is 9.78 Å². The Kier molecular flexibility index (Phi) is 2.48. The van der Waals surface area contributed by atoms with Crippen LogP contribution in [-0.2, 0) is 4.74 Å². The van der Waals surface area contributed by atoms with Gasteiger partial charge in [-0.2, -0.15) is 0 Å². The van der Waals surface area contributed by atoms with Crippen molar-refractivity contribution in [1.82, 2.24) is 9.38 Å². The number of pyridine rings is 1. The fourth-order valence-corrected chi connectivity index (χ4v) is 2.08. The Balaban J connectivity index is 2.74. The zero-order valence-electron chi connectivity index (χ0n) is 8.32. The molecule has 0 aliphatic rings. The van der Waals surface area contributed by atoms with Gasteiger partial charge in [0.15, 0.2) is 11.3 Å². The van der Waals surface area contributed by atoms with E-state index in [2.05, 4.69) is 25.7 Å². The summed E-state index contributed by atoms with van der Waals surface area (Å²) in [5, 5.41) is 0. The monoisotopic (exact) mass is 268 g/mol. The number of aryl methyl sites for hydroxylation is 1. The summed E-state index contributed by atoms with van der Waals surface area (Å²) in [6.45, 7) is 1.95. The second-order valence-electron chi connectivity index (χ2n) is 3.19. The number of carbonyl (C=O) groups is 1. The highest BCUT2D eigenvalue weighted by atomic mass is 79.9. The average Bonchev–Trinajstić information content (AvgIpc) is 2.60. The number of hydrogen-bond acceptors (Lipinski definition) is 3. The lowest BCUT2D eigenvalue weighted by Gasteiger charge is -2.02. The number of aromatic nitrogens is 2. The molecule has 15 heavy (non-hydrogen) atoms. The SMILES string of the molecule is COC(=O)c1cnc2c(Br)cc(C)cn12. The summed E-state index contributed by atoms with van der Waals surface area (Å²) in [5.74, 6) is -0.389. The fourth-order valence-electron chi connectivity index (χ4n) is 1.43. The molecule has 0 amide bonds. The second kappa shape index (κ2) is 3.66. The van der Waals surface area contributed by atoms with E-state index in [-0.39, 0.29) is 5.97 Å². The molecule has 0 radical (unpaired) electrons. The fraction of sp³-hybridized carbons (Fsp3) is 0.200. The molecular formula is C10H9BrN2O2. The maximum Gasteiger partial charge on any atom is 0.356 e. The van der Waals surface area contributed by atoms with Crippen LogP contribution in [0.1, 0.15) is 16.1 Å². The van der Waals surface area contributed by atoms with Gasteiger partial charge in [0, 0.05) is 6.20 Å². The lowest BCUT2D eigenvalue weighted by Crippen LogP contribution is -2.05. The van der Waals surface area contributed by atoms with Gasteiger partial charge in [0.25, 0.3) is 0 Å². The van der Waals surface area contributed by atoms with Crippen LogP contribution in [0.2, 0.25) is 0 Å². The maximum atomic E-state index is 11.4. The van der Waals surface area contributed by atoms with Gasteiger partial charge in [-0.05, 0) is 34.5 Å². The lowest BCUT2D eigenvalue weighted by molar-refractivity contribution is 0.0593. The van der Waals surface area contributed by atoms with Crippen LogP contribution in [0, 0.1) is 6.92 Å². The van der Waals surface area contributed by atoms with Crippen LogP contribution in [0.25, 0.3) is 5.65 Å². The van der Waals surface area contributed by atoms with Crippen LogP contribution in [0.3, 0.4) is 0 Å². The molecule has 2 aromatic rings. The molecule has 0 fully saturated rings. The van der Waals surface area contributed by atoms with Crippen molar-refractivity contribution in [1.29, 1.82) is 0 Å². The second-order valence-corrected chi connectivity index (χ2v) is 4.05. The molecule has 2 aromatic heterocycles. The molecule has 2 rings (SSSR count). The van der Waals surface area contributed by atoms with Crippen molar-refractivity contribution in [2.45, 2.75) is 6.92 Å². The summed E-state index contributed by atoms with van der Waals surface area (Å²) in [6.07, 6.45) is 3.35. The van der Waals surface area contributed by atoms with Crippen LogP contribution < -0.4 is 0 Å². The molecule has 4 nitrogen and oxygen atoms in total. The third kappa shape index (κ3) is 1.63. The summed E-state index contributed by atoms with van der Waals surface area (Å²) in [7, 11) is 1.35. The first kappa shape index (κ1) is 10.2. The van der Waals surface area contributed by atoms with Gasteiger partial charge >= 0.3 is 5.97 Å². The third-order valence-electron chi connectivity index (χ3n) is 2.09. The largest absolute Gasteiger partial charge is 0.464 e. The molecule has 5 heteroatoms. The van der Waals surface area contributed by atoms with Crippen LogP contribution in [0.5, 0.6) is 0 Å². The van der Waals surface area contributed by atoms with Crippen molar-refractivity contribution in [3.8, 4) is 0 Å². The van der Waals surface area contributed by atoms with Gasteiger partial charge in [0.05, 0.1) is 17.8 Å². The molecule has 78 valence electrons. The van der Waals surface area contributed by atoms with Gasteiger partial charge < -0.3 is 4.74 Å². The Bertz CT molecular complexity index is 533. The van der Waals surface area contributed by atoms with E-state index in [1.165, 1.54) is 13.3 Å². The quantitative estimate of drug-likeness (QED) is 0.745. The molecule has 0 N–H and O–H groups in total. The highest BCUT2D eigenvalue weighted by Gasteiger charge is 2.13. The number of carbonyl (C=O) groups excluding carboxylic acids is 1. The van der Waals surface area contributed by atoms with Crippen molar-refractivity contribution in [2.24, 2.45) is 0 Å². The highest BCUT2D eigenvalue weighted by molar-refractivity contribution is 9.10. The summed E-state index contributed by atoms with van der Waals surface area (Å²) in [5.41, 5.74) is 2.18. The molecule has 2 heterocycles. The Hall–Kier alpha value is -1.36. The van der Waals surface area contributed by atoms with E-state index in [1.54, 1.807) is 4.40 Å². The standard InChI is InChI=1S/C10H9BrN2O2/c1-6-3-7(11)9-12-4-8(10(14)15-2)13(9)5-6/h3-5H,1-2H3. The lowest BCUT2D eigenvalue weighted by atomic mass is 10.3. The normalized spacial score (nSPS) is 10.6. The van der Waals surface area contributed by atoms with Gasteiger partial charge in [-0.1, -0.05) is 0 Å². The minimum atomic E-state index is -0.389. The molecule has 0 aromatic carbocycles. The molecule has 0 aliphatic carbocycles. The first-order chi connectivity index (χ1) is 7.13. The van der Waals surface area contributed by atoms with Crippen LogP contribution in [0.15, 0.2) is 22.9 Å². The predicted octanol–water partition coefficient (Wildman–Crippen LogP) is 2.19. The predicted molar refractivity (Wildman–Crippen MR) is 59.0 cm³/mol. The Morgan fingerprint density at radius 3 is 3.00 bits per heavy atom. The summed E-state index contributed by atoms with van der Waals surface area (Å²) in [6, 6.07) is 1.95. The van der Waals surface area contributed by atoms with Crippen LogP contribution >= 0.6 is 15.9 Å². The van der Waals surface area contributed by atoms with E-state index in [9.17, 15) is 4.79 Å². The van der Waals surface area contributed by atoms with E-state index in [1.807, 2.05) is 19.2 Å². The number of hydrogen-bond donors (Lipinski definition) is 0. The minimum absolute atomic E-state index is 0.389. The number of nitrogens with zero attached hydrogens (tertiary/aromatic N) is 2. The van der Waals surface area contributed by atoms with Crippen LogP contribution in [0.4, 0.5) is 0 Å². The van der Waals surface area contributed by atoms with Crippen molar-refractivity contribution in [3.63, 3.8) is 0 Å². The van der Waals surface area contributed by atoms with Crippen molar-refractivity contribution < 1.29 is 9.53 Å². The number of rotatable bonds is 1. The number of halogens is 1. The van der Waals surface area contributed by atoms with E-state index in [0.29, 0.717) is 11.3 Å². The Labute approximate surface area is 95.0 Å². The molecule has 0 saturated carbocycles. The molecule has 0 atom stereocenters. The molecular weight excluding hydrogens is 260 g/mol. The third-order valence-corrected chi connectivity index (χ3v) is 2.68.